The van der Waals surface area contributed by atoms with Crippen molar-refractivity contribution >= 4 is 40.7 Å². The molecule has 0 bridgehead atoms. The van der Waals surface area contributed by atoms with E-state index in [9.17, 15) is 34.5 Å². The predicted molar refractivity (Wildman–Crippen MR) is 244 cm³/mol. The first-order valence-corrected chi connectivity index (χ1v) is 20.8. The SMILES string of the molecule is CC(C)(C)OC(=O)N1CC(C(=O)O)=C(c2ccccc2)C1.O=C(O)C1=C(c2ccccc2)CN(Cc2ccccc2)C1.O=C(O)C1=C(c2ccccc2)CN(Cc2ccccc2)C1. The molecule has 0 fully saturated rings. The number of ether oxygens (including phenoxy) is 1. The van der Waals surface area contributed by atoms with Crippen LogP contribution in [0.1, 0.15) is 48.6 Å². The van der Waals surface area contributed by atoms with E-state index < -0.39 is 29.6 Å². The lowest BCUT2D eigenvalue weighted by atomic mass is 10.0. The second-order valence-electron chi connectivity index (χ2n) is 16.5. The van der Waals surface area contributed by atoms with Crippen LogP contribution in [0, 0.1) is 0 Å². The number of hydrogen-bond donors (Lipinski definition) is 3. The summed E-state index contributed by atoms with van der Waals surface area (Å²) < 4.78 is 5.30. The van der Waals surface area contributed by atoms with Crippen LogP contribution in [0.5, 0.6) is 0 Å². The molecule has 0 radical (unpaired) electrons. The fraction of sp³-hybridized carbons (Fsp3) is 0.231. The molecule has 63 heavy (non-hydrogen) atoms. The lowest BCUT2D eigenvalue weighted by Gasteiger charge is -2.24. The van der Waals surface area contributed by atoms with E-state index in [0.717, 1.165) is 40.9 Å². The largest absolute Gasteiger partial charge is 0.478 e. The molecule has 0 saturated carbocycles. The molecule has 5 aromatic carbocycles. The minimum absolute atomic E-state index is 0.0640. The quantitative estimate of drug-likeness (QED) is 0.125. The lowest BCUT2D eigenvalue weighted by Crippen LogP contribution is -2.36. The highest BCUT2D eigenvalue weighted by atomic mass is 16.6. The Labute approximate surface area is 368 Å². The molecule has 0 saturated heterocycles. The van der Waals surface area contributed by atoms with Gasteiger partial charge >= 0.3 is 24.0 Å². The van der Waals surface area contributed by atoms with Crippen molar-refractivity contribution in [2.45, 2.75) is 39.5 Å². The molecule has 324 valence electrons. The van der Waals surface area contributed by atoms with Crippen LogP contribution in [-0.2, 0) is 32.2 Å². The highest BCUT2D eigenvalue weighted by molar-refractivity contribution is 6.00. The maximum Gasteiger partial charge on any atom is 0.410 e. The third-order valence-corrected chi connectivity index (χ3v) is 10.6. The fourth-order valence-electron chi connectivity index (χ4n) is 7.68. The average Bonchev–Trinajstić information content (AvgIpc) is 4.04. The molecule has 0 atom stereocenters. The number of hydrogen-bond acceptors (Lipinski definition) is 7. The molecule has 11 heteroatoms. The Bertz CT molecular complexity index is 2340. The second kappa shape index (κ2) is 21.1. The monoisotopic (exact) mass is 847 g/mol. The van der Waals surface area contributed by atoms with Crippen molar-refractivity contribution in [1.82, 2.24) is 14.7 Å². The number of carboxylic acid groups (broad SMARTS) is 3. The highest BCUT2D eigenvalue weighted by Gasteiger charge is 2.33. The van der Waals surface area contributed by atoms with Crippen LogP contribution in [0.15, 0.2) is 168 Å². The summed E-state index contributed by atoms with van der Waals surface area (Å²) in [6, 6.07) is 49.1. The Balaban J connectivity index is 0.000000157. The third-order valence-electron chi connectivity index (χ3n) is 10.6. The third kappa shape index (κ3) is 12.7. The standard InChI is InChI=1S/2C18H17NO2.C16H19NO4/c2*20-18(21)17-13-19(11-14-7-3-1-4-8-14)12-16(17)15-9-5-2-6-10-15;1-16(2,3)21-15(20)17-9-12(13(10-17)14(18)19)11-7-5-4-6-8-11/h2*1-10H,11-13H2,(H,20,21);4-8H,9-10H2,1-3H3,(H,18,19). The summed E-state index contributed by atoms with van der Waals surface area (Å²) in [6.07, 6.45) is -0.493. The molecule has 11 nitrogen and oxygen atoms in total. The number of carbonyl (C=O) groups excluding carboxylic acids is 1. The molecular weight excluding hydrogens is 795 g/mol. The Morgan fingerprint density at radius 1 is 0.444 bits per heavy atom. The predicted octanol–water partition coefficient (Wildman–Crippen LogP) is 8.86. The molecular formula is C52H53N3O8. The number of nitrogens with zero attached hydrogens (tertiary/aromatic N) is 3. The number of carboxylic acids is 3. The molecule has 3 N–H and O–H groups in total. The summed E-state index contributed by atoms with van der Waals surface area (Å²) in [7, 11) is 0. The minimum Gasteiger partial charge on any atom is -0.478 e. The van der Waals surface area contributed by atoms with Crippen LogP contribution < -0.4 is 0 Å². The van der Waals surface area contributed by atoms with E-state index in [2.05, 4.69) is 34.1 Å². The van der Waals surface area contributed by atoms with Crippen LogP contribution in [0.3, 0.4) is 0 Å². The van der Waals surface area contributed by atoms with Gasteiger partial charge in [0, 0.05) is 39.3 Å². The number of carbonyl (C=O) groups is 4. The molecule has 0 aliphatic carbocycles. The van der Waals surface area contributed by atoms with Gasteiger partial charge in [0.25, 0.3) is 0 Å². The van der Waals surface area contributed by atoms with Gasteiger partial charge in [-0.05, 0) is 65.3 Å². The van der Waals surface area contributed by atoms with Crippen LogP contribution in [0.4, 0.5) is 4.79 Å². The molecule has 3 aliphatic rings. The van der Waals surface area contributed by atoms with Crippen LogP contribution >= 0.6 is 0 Å². The summed E-state index contributed by atoms with van der Waals surface area (Å²) >= 11 is 0. The van der Waals surface area contributed by atoms with Gasteiger partial charge in [0.2, 0.25) is 0 Å². The highest BCUT2D eigenvalue weighted by Crippen LogP contribution is 2.31. The van der Waals surface area contributed by atoms with Crippen molar-refractivity contribution in [2.75, 3.05) is 39.3 Å². The molecule has 5 aromatic rings. The zero-order chi connectivity index (χ0) is 44.9. The van der Waals surface area contributed by atoms with Gasteiger partial charge in [0.15, 0.2) is 0 Å². The van der Waals surface area contributed by atoms with Crippen molar-refractivity contribution in [3.63, 3.8) is 0 Å². The Morgan fingerprint density at radius 3 is 1.06 bits per heavy atom. The van der Waals surface area contributed by atoms with Crippen LogP contribution in [0.25, 0.3) is 16.7 Å². The number of benzene rings is 5. The average molecular weight is 848 g/mol. The smallest absolute Gasteiger partial charge is 0.410 e. The summed E-state index contributed by atoms with van der Waals surface area (Å²) in [6.45, 7) is 9.56. The first-order chi connectivity index (χ1) is 30.3. The van der Waals surface area contributed by atoms with Crippen molar-refractivity contribution in [3.8, 4) is 0 Å². The normalized spacial score (nSPS) is 15.4. The first-order valence-electron chi connectivity index (χ1n) is 20.8. The summed E-state index contributed by atoms with van der Waals surface area (Å²) in [5.41, 5.74) is 8.43. The van der Waals surface area contributed by atoms with Gasteiger partial charge in [-0.3, -0.25) is 14.7 Å². The van der Waals surface area contributed by atoms with E-state index in [-0.39, 0.29) is 18.7 Å². The van der Waals surface area contributed by atoms with Gasteiger partial charge < -0.3 is 20.1 Å². The molecule has 3 aliphatic heterocycles. The zero-order valence-corrected chi connectivity index (χ0v) is 35.8. The maximum absolute atomic E-state index is 12.1. The molecule has 8 rings (SSSR count). The summed E-state index contributed by atoms with van der Waals surface area (Å²) in [4.78, 5) is 52.2. The Morgan fingerprint density at radius 2 is 0.746 bits per heavy atom. The fourth-order valence-corrected chi connectivity index (χ4v) is 7.68. The topological polar surface area (TPSA) is 148 Å². The van der Waals surface area contributed by atoms with Gasteiger partial charge in [0.05, 0.1) is 29.8 Å². The Hall–Kier alpha value is -7.08. The van der Waals surface area contributed by atoms with Crippen molar-refractivity contribution < 1.29 is 39.2 Å². The first kappa shape index (κ1) is 45.4. The van der Waals surface area contributed by atoms with Crippen LogP contribution in [-0.4, -0.2) is 98.9 Å². The lowest BCUT2D eigenvalue weighted by molar-refractivity contribution is -0.133. The van der Waals surface area contributed by atoms with Gasteiger partial charge in [-0.2, -0.15) is 0 Å². The van der Waals surface area contributed by atoms with Gasteiger partial charge in [-0.15, -0.1) is 0 Å². The maximum atomic E-state index is 12.1. The van der Waals surface area contributed by atoms with Gasteiger partial charge in [0.1, 0.15) is 5.60 Å². The van der Waals surface area contributed by atoms with E-state index in [1.807, 2.05) is 127 Å². The number of rotatable bonds is 10. The van der Waals surface area contributed by atoms with Gasteiger partial charge in [-0.1, -0.05) is 152 Å². The Kier molecular flexibility index (Phi) is 15.2. The van der Waals surface area contributed by atoms with E-state index >= 15 is 0 Å². The van der Waals surface area contributed by atoms with Crippen molar-refractivity contribution in [1.29, 1.82) is 0 Å². The van der Waals surface area contributed by atoms with E-state index in [4.69, 9.17) is 4.74 Å². The van der Waals surface area contributed by atoms with Crippen LogP contribution in [0.2, 0.25) is 0 Å². The minimum atomic E-state index is -1.00. The molecule has 0 aromatic heterocycles. The second-order valence-corrected chi connectivity index (χ2v) is 16.5. The molecule has 0 unspecified atom stereocenters. The molecule has 1 amide bonds. The van der Waals surface area contributed by atoms with Crippen molar-refractivity contribution in [3.05, 3.63) is 196 Å². The van der Waals surface area contributed by atoms with E-state index in [0.29, 0.717) is 42.9 Å². The summed E-state index contributed by atoms with van der Waals surface area (Å²) in [5.74, 6) is -2.63. The molecule has 3 heterocycles. The summed E-state index contributed by atoms with van der Waals surface area (Å²) in [5, 5.41) is 28.2. The van der Waals surface area contributed by atoms with Crippen molar-refractivity contribution in [2.24, 2.45) is 0 Å². The number of amides is 1. The zero-order valence-electron chi connectivity index (χ0n) is 35.8. The van der Waals surface area contributed by atoms with Gasteiger partial charge in [-0.25, -0.2) is 19.2 Å². The van der Waals surface area contributed by atoms with E-state index in [1.165, 1.54) is 16.0 Å². The molecule has 0 spiro atoms. The number of aliphatic carboxylic acids is 3. The van der Waals surface area contributed by atoms with E-state index in [1.54, 1.807) is 20.8 Å².